The summed E-state index contributed by atoms with van der Waals surface area (Å²) in [7, 11) is 0. The van der Waals surface area contributed by atoms with Gasteiger partial charge in [0.05, 0.1) is 0 Å². The Hall–Kier alpha value is -2.43. The highest BCUT2D eigenvalue weighted by Crippen LogP contribution is 2.19. The van der Waals surface area contributed by atoms with Crippen molar-refractivity contribution in [2.75, 3.05) is 0 Å². The summed E-state index contributed by atoms with van der Waals surface area (Å²) in [5, 5.41) is 6.35. The standard InChI is InChI=1S/C16H19N3O2/c1-3-10-6-5-7-11(4-2)12(10)8-15(20)13-9-14(16(17)21)19-18-13/h5-7,9H,3-4,8H2,1-2H3,(H2,17,21)(H,18,19). The highest BCUT2D eigenvalue weighted by atomic mass is 16.1. The van der Waals surface area contributed by atoms with E-state index in [1.54, 1.807) is 0 Å². The predicted octanol–water partition coefficient (Wildman–Crippen LogP) is 2.06. The van der Waals surface area contributed by atoms with Crippen LogP contribution in [0.4, 0.5) is 0 Å². The van der Waals surface area contributed by atoms with Crippen LogP contribution in [0.15, 0.2) is 24.3 Å². The lowest BCUT2D eigenvalue weighted by molar-refractivity contribution is 0.0984. The number of carbonyl (C=O) groups is 2. The number of carbonyl (C=O) groups excluding carboxylic acids is 2. The fourth-order valence-electron chi connectivity index (χ4n) is 2.42. The first-order valence-electron chi connectivity index (χ1n) is 7.04. The number of aromatic amines is 1. The topological polar surface area (TPSA) is 88.8 Å². The molecule has 0 unspecified atom stereocenters. The van der Waals surface area contributed by atoms with E-state index in [1.165, 1.54) is 17.2 Å². The molecule has 1 aromatic heterocycles. The SMILES string of the molecule is CCc1cccc(CC)c1CC(=O)c1cc(C(N)=O)[nH]n1. The number of hydrogen-bond acceptors (Lipinski definition) is 3. The van der Waals surface area contributed by atoms with E-state index in [0.717, 1.165) is 18.4 Å². The molecule has 5 nitrogen and oxygen atoms in total. The van der Waals surface area contributed by atoms with Crippen LogP contribution in [0.25, 0.3) is 0 Å². The molecule has 0 spiro atoms. The number of aromatic nitrogens is 2. The van der Waals surface area contributed by atoms with Gasteiger partial charge in [-0.25, -0.2) is 0 Å². The number of rotatable bonds is 6. The molecule has 0 aliphatic heterocycles. The Kier molecular flexibility index (Phi) is 4.52. The second-order valence-corrected chi connectivity index (χ2v) is 4.89. The number of ketones is 1. The highest BCUT2D eigenvalue weighted by Gasteiger charge is 2.16. The third kappa shape index (κ3) is 3.18. The lowest BCUT2D eigenvalue weighted by Gasteiger charge is -2.11. The summed E-state index contributed by atoms with van der Waals surface area (Å²) in [6.45, 7) is 4.14. The quantitative estimate of drug-likeness (QED) is 0.796. The zero-order valence-electron chi connectivity index (χ0n) is 12.3. The first-order valence-corrected chi connectivity index (χ1v) is 7.04. The van der Waals surface area contributed by atoms with Crippen molar-refractivity contribution < 1.29 is 9.59 Å². The van der Waals surface area contributed by atoms with E-state index in [2.05, 4.69) is 24.0 Å². The van der Waals surface area contributed by atoms with E-state index in [9.17, 15) is 9.59 Å². The van der Waals surface area contributed by atoms with Gasteiger partial charge in [-0.15, -0.1) is 0 Å². The largest absolute Gasteiger partial charge is 0.364 e. The van der Waals surface area contributed by atoms with Crippen molar-refractivity contribution in [2.24, 2.45) is 5.73 Å². The number of hydrogen-bond donors (Lipinski definition) is 2. The summed E-state index contributed by atoms with van der Waals surface area (Å²) in [6, 6.07) is 7.51. The Morgan fingerprint density at radius 1 is 1.19 bits per heavy atom. The van der Waals surface area contributed by atoms with Crippen LogP contribution in [-0.2, 0) is 19.3 Å². The molecule has 0 saturated heterocycles. The molecule has 0 bridgehead atoms. The minimum atomic E-state index is -0.621. The van der Waals surface area contributed by atoms with Crippen LogP contribution >= 0.6 is 0 Å². The molecule has 1 amide bonds. The molecular weight excluding hydrogens is 266 g/mol. The molecule has 0 atom stereocenters. The summed E-state index contributed by atoms with van der Waals surface area (Å²) < 4.78 is 0. The first kappa shape index (κ1) is 15.0. The van der Waals surface area contributed by atoms with Crippen molar-refractivity contribution in [3.63, 3.8) is 0 Å². The van der Waals surface area contributed by atoms with Crippen LogP contribution in [0.3, 0.4) is 0 Å². The molecule has 0 aliphatic rings. The second kappa shape index (κ2) is 6.35. The van der Waals surface area contributed by atoms with Gasteiger partial charge in [0.15, 0.2) is 5.78 Å². The lowest BCUT2D eigenvalue weighted by Crippen LogP contribution is -2.11. The molecule has 110 valence electrons. The van der Waals surface area contributed by atoms with Gasteiger partial charge in [-0.3, -0.25) is 14.7 Å². The Morgan fingerprint density at radius 3 is 2.29 bits per heavy atom. The maximum Gasteiger partial charge on any atom is 0.266 e. The smallest absolute Gasteiger partial charge is 0.266 e. The molecule has 1 aromatic carbocycles. The fraction of sp³-hybridized carbons (Fsp3) is 0.312. The normalized spacial score (nSPS) is 10.6. The van der Waals surface area contributed by atoms with E-state index >= 15 is 0 Å². The molecule has 0 saturated carbocycles. The van der Waals surface area contributed by atoms with Gasteiger partial charge >= 0.3 is 0 Å². The third-order valence-electron chi connectivity index (χ3n) is 3.60. The number of nitrogens with zero attached hydrogens (tertiary/aromatic N) is 1. The molecule has 0 fully saturated rings. The van der Waals surface area contributed by atoms with Crippen LogP contribution in [-0.4, -0.2) is 21.9 Å². The van der Waals surface area contributed by atoms with Crippen molar-refractivity contribution in [3.05, 3.63) is 52.3 Å². The molecule has 3 N–H and O–H groups in total. The molecule has 2 aromatic rings. The number of benzene rings is 1. The van der Waals surface area contributed by atoms with Crippen molar-refractivity contribution in [1.82, 2.24) is 10.2 Å². The Balaban J connectivity index is 2.28. The Bertz CT molecular complexity index is 652. The van der Waals surface area contributed by atoms with Crippen molar-refractivity contribution in [3.8, 4) is 0 Å². The van der Waals surface area contributed by atoms with E-state index in [1.807, 2.05) is 18.2 Å². The number of Topliss-reactive ketones (excluding diaryl/α,β-unsaturated/α-hetero) is 1. The highest BCUT2D eigenvalue weighted by molar-refractivity contribution is 5.99. The van der Waals surface area contributed by atoms with Gasteiger partial charge < -0.3 is 5.73 Å². The van der Waals surface area contributed by atoms with E-state index < -0.39 is 5.91 Å². The van der Waals surface area contributed by atoms with Gasteiger partial charge in [0.2, 0.25) is 0 Å². The van der Waals surface area contributed by atoms with Crippen LogP contribution in [0, 0.1) is 0 Å². The molecule has 0 aliphatic carbocycles. The average molecular weight is 285 g/mol. The number of H-pyrrole nitrogens is 1. The van der Waals surface area contributed by atoms with Gasteiger partial charge in [0.1, 0.15) is 11.4 Å². The molecule has 2 rings (SSSR count). The Labute approximate surface area is 123 Å². The molecular formula is C16H19N3O2. The van der Waals surface area contributed by atoms with Crippen molar-refractivity contribution in [1.29, 1.82) is 0 Å². The van der Waals surface area contributed by atoms with Crippen LogP contribution in [0.5, 0.6) is 0 Å². The minimum Gasteiger partial charge on any atom is -0.364 e. The van der Waals surface area contributed by atoms with Crippen LogP contribution in [0.1, 0.15) is 51.5 Å². The fourth-order valence-corrected chi connectivity index (χ4v) is 2.42. The van der Waals surface area contributed by atoms with Crippen LogP contribution < -0.4 is 5.73 Å². The number of nitrogens with one attached hydrogen (secondary N) is 1. The lowest BCUT2D eigenvalue weighted by atomic mass is 9.93. The Morgan fingerprint density at radius 2 is 1.81 bits per heavy atom. The van der Waals surface area contributed by atoms with Crippen LogP contribution in [0.2, 0.25) is 0 Å². The second-order valence-electron chi connectivity index (χ2n) is 4.89. The molecule has 21 heavy (non-hydrogen) atoms. The zero-order chi connectivity index (χ0) is 15.4. The van der Waals surface area contributed by atoms with Crippen molar-refractivity contribution >= 4 is 11.7 Å². The predicted molar refractivity (Wildman–Crippen MR) is 80.3 cm³/mol. The van der Waals surface area contributed by atoms with E-state index in [-0.39, 0.29) is 23.6 Å². The van der Waals surface area contributed by atoms with Gasteiger partial charge in [0, 0.05) is 6.42 Å². The summed E-state index contributed by atoms with van der Waals surface area (Å²) in [4.78, 5) is 23.4. The minimum absolute atomic E-state index is 0.116. The van der Waals surface area contributed by atoms with Gasteiger partial charge in [-0.05, 0) is 35.6 Å². The maximum atomic E-state index is 12.4. The van der Waals surface area contributed by atoms with Gasteiger partial charge in [-0.2, -0.15) is 5.10 Å². The maximum absolute atomic E-state index is 12.4. The third-order valence-corrected chi connectivity index (χ3v) is 3.60. The van der Waals surface area contributed by atoms with E-state index in [4.69, 9.17) is 5.73 Å². The summed E-state index contributed by atoms with van der Waals surface area (Å²) in [5.74, 6) is -0.737. The summed E-state index contributed by atoms with van der Waals surface area (Å²) in [6.07, 6.45) is 2.04. The van der Waals surface area contributed by atoms with Gasteiger partial charge in [-0.1, -0.05) is 32.0 Å². The number of nitrogens with two attached hydrogens (primary N) is 1. The van der Waals surface area contributed by atoms with Crippen molar-refractivity contribution in [2.45, 2.75) is 33.1 Å². The monoisotopic (exact) mass is 285 g/mol. The average Bonchev–Trinajstić information content (AvgIpc) is 2.97. The molecule has 5 heteroatoms. The number of amides is 1. The summed E-state index contributed by atoms with van der Waals surface area (Å²) in [5.41, 5.74) is 8.96. The summed E-state index contributed by atoms with van der Waals surface area (Å²) >= 11 is 0. The molecule has 1 heterocycles. The molecule has 0 radical (unpaired) electrons. The number of aryl methyl sites for hydroxylation is 2. The van der Waals surface area contributed by atoms with Gasteiger partial charge in [0.25, 0.3) is 5.91 Å². The zero-order valence-corrected chi connectivity index (χ0v) is 12.3. The van der Waals surface area contributed by atoms with E-state index in [0.29, 0.717) is 0 Å². The first-order chi connectivity index (χ1) is 10.1. The number of primary amides is 1.